The van der Waals surface area contributed by atoms with Crippen molar-refractivity contribution in [1.29, 1.82) is 0 Å². The molecular formula is C20H30N4O2. The highest BCUT2D eigenvalue weighted by Crippen LogP contribution is 2.41. The summed E-state index contributed by atoms with van der Waals surface area (Å²) in [5.41, 5.74) is 0.793. The molecule has 6 heteroatoms. The molecule has 26 heavy (non-hydrogen) atoms. The van der Waals surface area contributed by atoms with E-state index in [4.69, 9.17) is 0 Å². The summed E-state index contributed by atoms with van der Waals surface area (Å²) in [5.74, 6) is 1.21. The number of carbonyl (C=O) groups excluding carboxylic acids is 2. The minimum atomic E-state index is -0.300. The Labute approximate surface area is 155 Å². The molecule has 3 heterocycles. The number of carbonyl (C=O) groups is 2. The number of aryl methyl sites for hydroxylation is 2. The summed E-state index contributed by atoms with van der Waals surface area (Å²) >= 11 is 0. The molecule has 0 aromatic carbocycles. The summed E-state index contributed by atoms with van der Waals surface area (Å²) < 4.78 is 1.77. The molecule has 6 nitrogen and oxygen atoms in total. The number of hydrogen-bond donors (Lipinski definition) is 0. The van der Waals surface area contributed by atoms with E-state index in [0.717, 1.165) is 50.9 Å². The van der Waals surface area contributed by atoms with Crippen molar-refractivity contribution in [2.24, 2.45) is 18.4 Å². The van der Waals surface area contributed by atoms with Gasteiger partial charge in [-0.05, 0) is 50.0 Å². The highest BCUT2D eigenvalue weighted by atomic mass is 16.2. The molecule has 142 valence electrons. The van der Waals surface area contributed by atoms with Crippen LogP contribution in [0.1, 0.15) is 50.5 Å². The van der Waals surface area contributed by atoms with Gasteiger partial charge in [-0.1, -0.05) is 6.42 Å². The van der Waals surface area contributed by atoms with E-state index in [0.29, 0.717) is 24.8 Å². The van der Waals surface area contributed by atoms with Crippen molar-refractivity contribution in [1.82, 2.24) is 19.6 Å². The van der Waals surface area contributed by atoms with Crippen LogP contribution in [0.4, 0.5) is 0 Å². The monoisotopic (exact) mass is 358 g/mol. The summed E-state index contributed by atoms with van der Waals surface area (Å²) in [6.45, 7) is 3.20. The van der Waals surface area contributed by atoms with Crippen LogP contribution in [0.2, 0.25) is 0 Å². The predicted molar refractivity (Wildman–Crippen MR) is 98.3 cm³/mol. The van der Waals surface area contributed by atoms with Gasteiger partial charge in [0.25, 0.3) is 0 Å². The third kappa shape index (κ3) is 3.38. The number of hydrogen-bond acceptors (Lipinski definition) is 3. The van der Waals surface area contributed by atoms with Crippen molar-refractivity contribution < 1.29 is 9.59 Å². The molecule has 2 saturated heterocycles. The number of rotatable bonds is 5. The predicted octanol–water partition coefficient (Wildman–Crippen LogP) is 1.99. The van der Waals surface area contributed by atoms with E-state index in [-0.39, 0.29) is 11.3 Å². The number of amides is 2. The van der Waals surface area contributed by atoms with Gasteiger partial charge in [0.2, 0.25) is 11.8 Å². The van der Waals surface area contributed by atoms with Crippen LogP contribution in [0.3, 0.4) is 0 Å². The van der Waals surface area contributed by atoms with Crippen LogP contribution in [-0.2, 0) is 23.1 Å². The molecule has 4 rings (SSSR count). The molecule has 1 spiro atoms. The summed E-state index contributed by atoms with van der Waals surface area (Å²) in [6, 6.07) is 0. The van der Waals surface area contributed by atoms with Gasteiger partial charge < -0.3 is 9.80 Å². The molecule has 1 aromatic heterocycles. The number of piperidine rings is 1. The molecule has 1 aromatic rings. The van der Waals surface area contributed by atoms with Crippen molar-refractivity contribution in [2.75, 3.05) is 26.2 Å². The van der Waals surface area contributed by atoms with Crippen LogP contribution >= 0.6 is 0 Å². The van der Waals surface area contributed by atoms with Crippen LogP contribution in [-0.4, -0.2) is 57.6 Å². The van der Waals surface area contributed by atoms with E-state index in [1.807, 2.05) is 24.3 Å². The Morgan fingerprint density at radius 3 is 2.81 bits per heavy atom. The number of aromatic nitrogens is 2. The van der Waals surface area contributed by atoms with E-state index in [1.54, 1.807) is 4.68 Å². The minimum absolute atomic E-state index is 0.176. The maximum atomic E-state index is 13.2. The van der Waals surface area contributed by atoms with Gasteiger partial charge in [0.1, 0.15) is 0 Å². The van der Waals surface area contributed by atoms with Gasteiger partial charge in [0.15, 0.2) is 0 Å². The zero-order chi connectivity index (χ0) is 18.1. The van der Waals surface area contributed by atoms with E-state index in [9.17, 15) is 9.59 Å². The Bertz CT molecular complexity index is 681. The van der Waals surface area contributed by atoms with Gasteiger partial charge in [-0.3, -0.25) is 14.3 Å². The Hall–Kier alpha value is -1.85. The van der Waals surface area contributed by atoms with Crippen LogP contribution in [0.25, 0.3) is 0 Å². The fraction of sp³-hybridized carbons (Fsp3) is 0.750. The molecule has 1 aliphatic carbocycles. The topological polar surface area (TPSA) is 58.4 Å². The SMILES string of the molecule is Cn1cc(CCC(=O)N2CC[C@@]3(CCCN(CC4CCC4)C3=O)C2)cn1. The molecule has 1 saturated carbocycles. The van der Waals surface area contributed by atoms with Crippen LogP contribution < -0.4 is 0 Å². The second-order valence-corrected chi connectivity index (χ2v) is 8.52. The molecule has 3 fully saturated rings. The van der Waals surface area contributed by atoms with Gasteiger partial charge in [-0.15, -0.1) is 0 Å². The summed E-state index contributed by atoms with van der Waals surface area (Å²) in [7, 11) is 1.89. The van der Waals surface area contributed by atoms with Crippen LogP contribution in [0.5, 0.6) is 0 Å². The third-order valence-corrected chi connectivity index (χ3v) is 6.62. The van der Waals surface area contributed by atoms with Crippen molar-refractivity contribution in [3.05, 3.63) is 18.0 Å². The normalized spacial score (nSPS) is 26.6. The van der Waals surface area contributed by atoms with Gasteiger partial charge in [-0.25, -0.2) is 0 Å². The second-order valence-electron chi connectivity index (χ2n) is 8.52. The first kappa shape index (κ1) is 17.6. The molecule has 0 bridgehead atoms. The lowest BCUT2D eigenvalue weighted by atomic mass is 9.77. The van der Waals surface area contributed by atoms with E-state index < -0.39 is 0 Å². The lowest BCUT2D eigenvalue weighted by Gasteiger charge is -2.42. The van der Waals surface area contributed by atoms with E-state index >= 15 is 0 Å². The fourth-order valence-electron chi connectivity index (χ4n) is 4.79. The Balaban J connectivity index is 1.33. The molecule has 0 unspecified atom stereocenters. The third-order valence-electron chi connectivity index (χ3n) is 6.62. The number of likely N-dealkylation sites (tertiary alicyclic amines) is 2. The van der Waals surface area contributed by atoms with E-state index in [2.05, 4.69) is 10.00 Å². The quantitative estimate of drug-likeness (QED) is 0.809. The summed E-state index contributed by atoms with van der Waals surface area (Å²) in [4.78, 5) is 29.8. The maximum Gasteiger partial charge on any atom is 0.230 e. The lowest BCUT2D eigenvalue weighted by Crippen LogP contribution is -2.52. The standard InChI is InChI=1S/C20H30N4O2/c1-22-13-17(12-21-22)6-7-18(25)24-11-9-20(15-24)8-3-10-23(19(20)26)14-16-4-2-5-16/h12-13,16H,2-11,14-15H2,1H3/t20-/m0/s1. The first-order valence-corrected chi connectivity index (χ1v) is 10.1. The highest BCUT2D eigenvalue weighted by molar-refractivity contribution is 5.86. The van der Waals surface area contributed by atoms with Crippen LogP contribution in [0, 0.1) is 11.3 Å². The van der Waals surface area contributed by atoms with Gasteiger partial charge in [0, 0.05) is 45.8 Å². The maximum absolute atomic E-state index is 13.2. The smallest absolute Gasteiger partial charge is 0.230 e. The first-order chi connectivity index (χ1) is 12.6. The molecule has 2 aliphatic heterocycles. The molecular weight excluding hydrogens is 328 g/mol. The average molecular weight is 358 g/mol. The zero-order valence-electron chi connectivity index (χ0n) is 15.8. The van der Waals surface area contributed by atoms with E-state index in [1.165, 1.54) is 19.3 Å². The molecule has 3 aliphatic rings. The van der Waals surface area contributed by atoms with Gasteiger partial charge >= 0.3 is 0 Å². The van der Waals surface area contributed by atoms with Crippen molar-refractivity contribution in [3.63, 3.8) is 0 Å². The molecule has 0 N–H and O–H groups in total. The minimum Gasteiger partial charge on any atom is -0.342 e. The molecule has 0 radical (unpaired) electrons. The Morgan fingerprint density at radius 2 is 2.12 bits per heavy atom. The van der Waals surface area contributed by atoms with Gasteiger partial charge in [0.05, 0.1) is 11.6 Å². The summed E-state index contributed by atoms with van der Waals surface area (Å²) in [6.07, 6.45) is 11.7. The van der Waals surface area contributed by atoms with Crippen molar-refractivity contribution >= 4 is 11.8 Å². The Morgan fingerprint density at radius 1 is 1.27 bits per heavy atom. The highest BCUT2D eigenvalue weighted by Gasteiger charge is 2.49. The second kappa shape index (κ2) is 7.05. The zero-order valence-corrected chi connectivity index (χ0v) is 15.8. The van der Waals surface area contributed by atoms with Crippen molar-refractivity contribution in [2.45, 2.75) is 51.4 Å². The van der Waals surface area contributed by atoms with Crippen LogP contribution in [0.15, 0.2) is 12.4 Å². The Kier molecular flexibility index (Phi) is 4.76. The summed E-state index contributed by atoms with van der Waals surface area (Å²) in [5, 5.41) is 4.16. The average Bonchev–Trinajstić information content (AvgIpc) is 3.20. The molecule has 2 amide bonds. The van der Waals surface area contributed by atoms with Crippen molar-refractivity contribution in [3.8, 4) is 0 Å². The number of nitrogens with zero attached hydrogens (tertiary/aromatic N) is 4. The fourth-order valence-corrected chi connectivity index (χ4v) is 4.79. The largest absolute Gasteiger partial charge is 0.342 e. The molecule has 1 atom stereocenters. The first-order valence-electron chi connectivity index (χ1n) is 10.1. The lowest BCUT2D eigenvalue weighted by molar-refractivity contribution is -0.147. The van der Waals surface area contributed by atoms with Gasteiger partial charge in [-0.2, -0.15) is 5.10 Å².